The number of benzene rings is 2. The van der Waals surface area contributed by atoms with E-state index in [0.717, 1.165) is 27.9 Å². The van der Waals surface area contributed by atoms with Gasteiger partial charge in [-0.15, -0.1) is 10.2 Å². The lowest BCUT2D eigenvalue weighted by molar-refractivity contribution is 0.0994. The molecule has 0 unspecified atom stereocenters. The van der Waals surface area contributed by atoms with Crippen molar-refractivity contribution in [3.8, 4) is 17.1 Å². The van der Waals surface area contributed by atoms with E-state index in [0.29, 0.717) is 12.2 Å². The Balaban J connectivity index is 1.75. The van der Waals surface area contributed by atoms with Gasteiger partial charge in [-0.1, -0.05) is 36.0 Å². The summed E-state index contributed by atoms with van der Waals surface area (Å²) in [6.07, 6.45) is 0. The molecule has 2 aromatic carbocycles. The first kappa shape index (κ1) is 19.2. The van der Waals surface area contributed by atoms with Gasteiger partial charge in [0.2, 0.25) is 0 Å². The molecule has 27 heavy (non-hydrogen) atoms. The van der Waals surface area contributed by atoms with Crippen LogP contribution in [-0.4, -0.2) is 32.4 Å². The van der Waals surface area contributed by atoms with Crippen molar-refractivity contribution in [2.75, 3.05) is 6.61 Å². The highest BCUT2D eigenvalue weighted by Crippen LogP contribution is 2.28. The van der Waals surface area contributed by atoms with Crippen LogP contribution >= 0.6 is 11.8 Å². The van der Waals surface area contributed by atoms with Crippen LogP contribution in [0.5, 0.6) is 5.75 Å². The molecule has 0 saturated carbocycles. The minimum atomic E-state index is -0.268. The zero-order valence-electron chi connectivity index (χ0n) is 16.0. The number of aryl methyl sites for hydroxylation is 1. The molecule has 1 heterocycles. The molecule has 0 N–H and O–H groups in total. The van der Waals surface area contributed by atoms with Crippen LogP contribution in [0.25, 0.3) is 11.4 Å². The minimum absolute atomic E-state index is 0.0588. The zero-order valence-corrected chi connectivity index (χ0v) is 16.8. The van der Waals surface area contributed by atoms with E-state index in [1.165, 1.54) is 11.8 Å². The predicted molar refractivity (Wildman–Crippen MR) is 108 cm³/mol. The van der Waals surface area contributed by atoms with Gasteiger partial charge < -0.3 is 9.30 Å². The molecule has 3 aromatic rings. The van der Waals surface area contributed by atoms with Crippen molar-refractivity contribution in [3.63, 3.8) is 0 Å². The summed E-state index contributed by atoms with van der Waals surface area (Å²) in [5.41, 5.74) is 2.85. The predicted octanol–water partition coefficient (Wildman–Crippen LogP) is 4.55. The van der Waals surface area contributed by atoms with E-state index < -0.39 is 0 Å². The van der Waals surface area contributed by atoms with E-state index in [-0.39, 0.29) is 11.0 Å². The first-order chi connectivity index (χ1) is 13.0. The quantitative estimate of drug-likeness (QED) is 0.444. The molecule has 0 saturated heterocycles. The van der Waals surface area contributed by atoms with Gasteiger partial charge in [-0.3, -0.25) is 4.79 Å². The fourth-order valence-corrected chi connectivity index (χ4v) is 3.70. The summed E-state index contributed by atoms with van der Waals surface area (Å²) in [7, 11) is 1.93. The van der Waals surface area contributed by atoms with Crippen LogP contribution in [-0.2, 0) is 7.05 Å². The Morgan fingerprint density at radius 2 is 1.85 bits per heavy atom. The average molecular weight is 382 g/mol. The van der Waals surface area contributed by atoms with Gasteiger partial charge in [-0.25, -0.2) is 0 Å². The van der Waals surface area contributed by atoms with Crippen molar-refractivity contribution in [2.24, 2.45) is 7.05 Å². The molecule has 0 aliphatic carbocycles. The number of thioether (sulfide) groups is 1. The number of ether oxygens (including phenoxy) is 1. The van der Waals surface area contributed by atoms with Crippen LogP contribution in [0.15, 0.2) is 53.7 Å². The van der Waals surface area contributed by atoms with Crippen molar-refractivity contribution >= 4 is 17.5 Å². The molecule has 0 amide bonds. The molecule has 0 bridgehead atoms. The summed E-state index contributed by atoms with van der Waals surface area (Å²) in [6, 6.07) is 15.3. The number of ketones is 1. The minimum Gasteiger partial charge on any atom is -0.494 e. The van der Waals surface area contributed by atoms with Gasteiger partial charge in [-0.2, -0.15) is 0 Å². The van der Waals surface area contributed by atoms with Gasteiger partial charge in [0, 0.05) is 18.2 Å². The Kier molecular flexibility index (Phi) is 5.96. The lowest BCUT2D eigenvalue weighted by Gasteiger charge is -2.11. The average Bonchev–Trinajstić information content (AvgIpc) is 3.03. The fraction of sp³-hybridized carbons (Fsp3) is 0.286. The molecule has 0 radical (unpaired) electrons. The number of rotatable bonds is 7. The first-order valence-electron chi connectivity index (χ1n) is 8.90. The van der Waals surface area contributed by atoms with Crippen molar-refractivity contribution in [2.45, 2.75) is 31.2 Å². The van der Waals surface area contributed by atoms with E-state index in [1.807, 2.05) is 55.8 Å². The van der Waals surface area contributed by atoms with Gasteiger partial charge in [0.1, 0.15) is 5.75 Å². The fourth-order valence-electron chi connectivity index (χ4n) is 2.80. The van der Waals surface area contributed by atoms with Crippen molar-refractivity contribution in [1.29, 1.82) is 0 Å². The molecule has 0 aliphatic heterocycles. The van der Waals surface area contributed by atoms with Gasteiger partial charge in [0.15, 0.2) is 16.8 Å². The third-order valence-corrected chi connectivity index (χ3v) is 5.46. The molecule has 0 spiro atoms. The zero-order chi connectivity index (χ0) is 19.4. The number of hydrogen-bond donors (Lipinski definition) is 0. The van der Waals surface area contributed by atoms with E-state index >= 15 is 0 Å². The van der Waals surface area contributed by atoms with E-state index in [2.05, 4.69) is 23.2 Å². The second-order valence-electron chi connectivity index (χ2n) is 6.26. The van der Waals surface area contributed by atoms with Crippen LogP contribution < -0.4 is 4.74 Å². The van der Waals surface area contributed by atoms with Crippen LogP contribution in [0, 0.1) is 6.92 Å². The summed E-state index contributed by atoms with van der Waals surface area (Å²) in [5, 5.41) is 9.07. The van der Waals surface area contributed by atoms with E-state index in [9.17, 15) is 4.79 Å². The van der Waals surface area contributed by atoms with Crippen molar-refractivity contribution in [3.05, 3.63) is 59.7 Å². The SMILES string of the molecule is CCOc1ccc(C(=O)[C@H](C)Sc2nnc(-c3ccccc3C)n2C)cc1. The Hall–Kier alpha value is -2.60. The number of carbonyl (C=O) groups excluding carboxylic acids is 1. The summed E-state index contributed by atoms with van der Waals surface area (Å²) < 4.78 is 7.37. The van der Waals surface area contributed by atoms with Crippen molar-refractivity contribution in [1.82, 2.24) is 14.8 Å². The Morgan fingerprint density at radius 3 is 2.52 bits per heavy atom. The van der Waals surface area contributed by atoms with Crippen molar-refractivity contribution < 1.29 is 9.53 Å². The highest BCUT2D eigenvalue weighted by molar-refractivity contribution is 8.00. The monoisotopic (exact) mass is 381 g/mol. The van der Waals surface area contributed by atoms with E-state index in [1.54, 1.807) is 12.1 Å². The number of aromatic nitrogens is 3. The molecule has 5 nitrogen and oxygen atoms in total. The number of Topliss-reactive ketones (excluding diaryl/α,β-unsaturated/α-hetero) is 1. The number of hydrogen-bond acceptors (Lipinski definition) is 5. The smallest absolute Gasteiger partial charge is 0.191 e. The Labute approximate surface area is 163 Å². The third kappa shape index (κ3) is 4.22. The lowest BCUT2D eigenvalue weighted by atomic mass is 10.1. The molecular formula is C21H23N3O2S. The largest absolute Gasteiger partial charge is 0.494 e. The molecule has 6 heteroatoms. The second kappa shape index (κ2) is 8.39. The Morgan fingerprint density at radius 1 is 1.15 bits per heavy atom. The highest BCUT2D eigenvalue weighted by atomic mass is 32.2. The van der Waals surface area contributed by atoms with Gasteiger partial charge in [-0.05, 0) is 50.6 Å². The maximum Gasteiger partial charge on any atom is 0.191 e. The van der Waals surface area contributed by atoms with Gasteiger partial charge >= 0.3 is 0 Å². The maximum atomic E-state index is 12.7. The van der Waals surface area contributed by atoms with E-state index in [4.69, 9.17) is 4.74 Å². The van der Waals surface area contributed by atoms with Gasteiger partial charge in [0.25, 0.3) is 0 Å². The Bertz CT molecular complexity index is 935. The molecule has 0 fully saturated rings. The summed E-state index contributed by atoms with van der Waals surface area (Å²) in [6.45, 7) is 6.49. The topological polar surface area (TPSA) is 57.0 Å². The number of nitrogens with zero attached hydrogens (tertiary/aromatic N) is 3. The molecular weight excluding hydrogens is 358 g/mol. The molecule has 3 rings (SSSR count). The van der Waals surface area contributed by atoms with Crippen LogP contribution in [0.3, 0.4) is 0 Å². The molecule has 0 aliphatic rings. The first-order valence-corrected chi connectivity index (χ1v) is 9.78. The summed E-state index contributed by atoms with van der Waals surface area (Å²) >= 11 is 1.42. The normalized spacial score (nSPS) is 12.0. The molecule has 1 atom stereocenters. The molecule has 140 valence electrons. The highest BCUT2D eigenvalue weighted by Gasteiger charge is 2.21. The number of carbonyl (C=O) groups is 1. The van der Waals surface area contributed by atoms with Crippen LogP contribution in [0.2, 0.25) is 0 Å². The molecule has 1 aromatic heterocycles. The standard InChI is InChI=1S/C21H23N3O2S/c1-5-26-17-12-10-16(11-13-17)19(25)15(3)27-21-23-22-20(24(21)4)18-9-7-6-8-14(18)2/h6-13,15H,5H2,1-4H3/t15-/m0/s1. The lowest BCUT2D eigenvalue weighted by Crippen LogP contribution is -2.14. The summed E-state index contributed by atoms with van der Waals surface area (Å²) in [4.78, 5) is 12.7. The summed E-state index contributed by atoms with van der Waals surface area (Å²) in [5.74, 6) is 1.63. The van der Waals surface area contributed by atoms with Gasteiger partial charge in [0.05, 0.1) is 11.9 Å². The maximum absolute atomic E-state index is 12.7. The third-order valence-electron chi connectivity index (χ3n) is 4.32. The second-order valence-corrected chi connectivity index (χ2v) is 7.57. The van der Waals surface area contributed by atoms with Crippen LogP contribution in [0.1, 0.15) is 29.8 Å². The van der Waals surface area contributed by atoms with Crippen LogP contribution in [0.4, 0.5) is 0 Å².